The predicted octanol–water partition coefficient (Wildman–Crippen LogP) is 5.92. The van der Waals surface area contributed by atoms with Gasteiger partial charge in [0.15, 0.2) is 28.0 Å². The lowest BCUT2D eigenvalue weighted by Gasteiger charge is -2.08. The molecule has 0 amide bonds. The van der Waals surface area contributed by atoms with Crippen LogP contribution in [0.15, 0.2) is 54.1 Å². The monoisotopic (exact) mass is 495 g/mol. The van der Waals surface area contributed by atoms with Gasteiger partial charge in [-0.25, -0.2) is 4.98 Å². The summed E-state index contributed by atoms with van der Waals surface area (Å²) in [6, 6.07) is 9.57. The first kappa shape index (κ1) is 25.4. The maximum absolute atomic E-state index is 12.8. The van der Waals surface area contributed by atoms with Crippen molar-refractivity contribution in [2.75, 3.05) is 21.3 Å². The van der Waals surface area contributed by atoms with Gasteiger partial charge in [0.05, 0.1) is 37.6 Å². The van der Waals surface area contributed by atoms with Gasteiger partial charge in [0.2, 0.25) is 0 Å². The molecule has 0 N–H and O–H groups in total. The largest absolute Gasteiger partial charge is 0.493 e. The number of ketones is 1. The Balaban J connectivity index is 0.00000167. The number of fused-ring (bicyclic) bond motifs is 1. The van der Waals surface area contributed by atoms with E-state index in [9.17, 15) is 14.9 Å². The number of ether oxygens (including phenoxy) is 3. The van der Waals surface area contributed by atoms with Gasteiger partial charge in [-0.05, 0) is 42.5 Å². The fourth-order valence-electron chi connectivity index (χ4n) is 3.40. The number of aromatic nitrogens is 2. The van der Waals surface area contributed by atoms with E-state index in [1.54, 1.807) is 30.3 Å². The maximum atomic E-state index is 12.8. The van der Waals surface area contributed by atoms with Crippen LogP contribution in [0.4, 0.5) is 5.69 Å². The van der Waals surface area contributed by atoms with Gasteiger partial charge in [-0.15, -0.1) is 11.3 Å². The fraction of sp³-hybridized carbons (Fsp3) is 0.200. The lowest BCUT2D eigenvalue weighted by atomic mass is 10.1. The molecule has 10 heteroatoms. The van der Waals surface area contributed by atoms with Crippen molar-refractivity contribution in [3.8, 4) is 28.5 Å². The Labute approximate surface area is 206 Å². The van der Waals surface area contributed by atoms with Crippen LogP contribution in [0.3, 0.4) is 0 Å². The Bertz CT molecular complexity index is 1390. The van der Waals surface area contributed by atoms with Crippen LogP contribution in [-0.2, 0) is 0 Å². The standard InChI is InChI=1S/C23H19N3O6S.C2H6/c1-30-19-8-5-15(12-17(19)26(28)29)22-16(25-10-11-33-23(25)24-22)6-7-18(27)14-4-9-20(31-2)21(13-14)32-3;1-2/h4-13H,1-3H3;1-2H3/b7-6+;. The minimum absolute atomic E-state index is 0.158. The van der Waals surface area contributed by atoms with Gasteiger partial charge in [-0.1, -0.05) is 13.8 Å². The van der Waals surface area contributed by atoms with Crippen molar-refractivity contribution in [3.63, 3.8) is 0 Å². The number of imidazole rings is 1. The third-order valence-electron chi connectivity index (χ3n) is 5.01. The van der Waals surface area contributed by atoms with Crippen molar-refractivity contribution in [2.45, 2.75) is 13.8 Å². The van der Waals surface area contributed by atoms with Gasteiger partial charge in [-0.2, -0.15) is 0 Å². The second-order valence-corrected chi connectivity index (χ2v) is 7.69. The zero-order valence-electron chi connectivity index (χ0n) is 20.0. The zero-order valence-corrected chi connectivity index (χ0v) is 20.8. The summed E-state index contributed by atoms with van der Waals surface area (Å²) < 4.78 is 17.4. The lowest BCUT2D eigenvalue weighted by molar-refractivity contribution is -0.385. The van der Waals surface area contributed by atoms with Crippen molar-refractivity contribution in [2.24, 2.45) is 0 Å². The van der Waals surface area contributed by atoms with E-state index in [0.29, 0.717) is 39.0 Å². The first-order valence-electron chi connectivity index (χ1n) is 10.7. The third-order valence-corrected chi connectivity index (χ3v) is 5.77. The topological polar surface area (TPSA) is 105 Å². The highest BCUT2D eigenvalue weighted by Crippen LogP contribution is 2.35. The number of thiazole rings is 1. The Morgan fingerprint density at radius 1 is 1.03 bits per heavy atom. The van der Waals surface area contributed by atoms with Crippen molar-refractivity contribution in [1.29, 1.82) is 0 Å². The molecule has 0 unspecified atom stereocenters. The third kappa shape index (κ3) is 5.17. The van der Waals surface area contributed by atoms with Crippen molar-refractivity contribution >= 4 is 33.8 Å². The highest BCUT2D eigenvalue weighted by Gasteiger charge is 2.20. The second kappa shape index (κ2) is 11.3. The predicted molar refractivity (Wildman–Crippen MR) is 136 cm³/mol. The fourth-order valence-corrected chi connectivity index (χ4v) is 4.12. The molecular formula is C25H25N3O6S. The molecule has 0 atom stereocenters. The molecule has 0 aliphatic heterocycles. The molecule has 0 spiro atoms. The number of rotatable bonds is 8. The van der Waals surface area contributed by atoms with E-state index in [-0.39, 0.29) is 17.2 Å². The average molecular weight is 496 g/mol. The van der Waals surface area contributed by atoms with E-state index in [0.717, 1.165) is 0 Å². The molecule has 2 aromatic heterocycles. The quantitative estimate of drug-likeness (QED) is 0.129. The maximum Gasteiger partial charge on any atom is 0.311 e. The van der Waals surface area contributed by atoms with Crippen molar-refractivity contribution in [3.05, 3.63) is 75.4 Å². The smallest absolute Gasteiger partial charge is 0.311 e. The van der Waals surface area contributed by atoms with E-state index in [1.165, 1.54) is 50.9 Å². The second-order valence-electron chi connectivity index (χ2n) is 6.81. The summed E-state index contributed by atoms with van der Waals surface area (Å²) in [7, 11) is 4.40. The molecule has 2 heterocycles. The highest BCUT2D eigenvalue weighted by molar-refractivity contribution is 7.15. The van der Waals surface area contributed by atoms with Crippen LogP contribution in [0.5, 0.6) is 17.2 Å². The number of hydrogen-bond donors (Lipinski definition) is 0. The Morgan fingerprint density at radius 2 is 1.71 bits per heavy atom. The van der Waals surface area contributed by atoms with Crippen LogP contribution in [-0.4, -0.2) is 41.4 Å². The molecule has 35 heavy (non-hydrogen) atoms. The summed E-state index contributed by atoms with van der Waals surface area (Å²) in [5, 5.41) is 13.3. The summed E-state index contributed by atoms with van der Waals surface area (Å²) in [5.74, 6) is 0.892. The summed E-state index contributed by atoms with van der Waals surface area (Å²) in [4.78, 5) is 29.1. The number of benzene rings is 2. The van der Waals surface area contributed by atoms with Crippen molar-refractivity contribution < 1.29 is 23.9 Å². The summed E-state index contributed by atoms with van der Waals surface area (Å²) in [5.41, 5.74) is 1.94. The molecule has 0 aliphatic rings. The van der Waals surface area contributed by atoms with E-state index in [1.807, 2.05) is 29.8 Å². The average Bonchev–Trinajstić information content (AvgIpc) is 3.49. The minimum Gasteiger partial charge on any atom is -0.493 e. The molecule has 0 fully saturated rings. The molecule has 4 rings (SSSR count). The van der Waals surface area contributed by atoms with Crippen molar-refractivity contribution in [1.82, 2.24) is 9.38 Å². The van der Waals surface area contributed by atoms with Crippen LogP contribution < -0.4 is 14.2 Å². The number of carbonyl (C=O) groups excluding carboxylic acids is 1. The molecular weight excluding hydrogens is 470 g/mol. The van der Waals surface area contributed by atoms with Gasteiger partial charge in [0, 0.05) is 28.8 Å². The highest BCUT2D eigenvalue weighted by atomic mass is 32.1. The zero-order chi connectivity index (χ0) is 25.5. The number of hydrogen-bond acceptors (Lipinski definition) is 8. The Hall–Kier alpha value is -4.18. The first-order chi connectivity index (χ1) is 17.0. The van der Waals surface area contributed by atoms with Gasteiger partial charge in [0.25, 0.3) is 0 Å². The number of nitro benzene ring substituents is 1. The molecule has 0 bridgehead atoms. The molecule has 0 aliphatic carbocycles. The van der Waals surface area contributed by atoms with E-state index in [4.69, 9.17) is 14.2 Å². The summed E-state index contributed by atoms with van der Waals surface area (Å²) in [6.07, 6.45) is 4.91. The number of nitrogens with zero attached hydrogens (tertiary/aromatic N) is 3. The minimum atomic E-state index is -0.503. The Kier molecular flexibility index (Phi) is 8.21. The van der Waals surface area contributed by atoms with Gasteiger partial charge in [-0.3, -0.25) is 19.3 Å². The van der Waals surface area contributed by atoms with Gasteiger partial charge in [0.1, 0.15) is 0 Å². The first-order valence-corrected chi connectivity index (χ1v) is 11.6. The number of nitro groups is 1. The van der Waals surface area contributed by atoms with E-state index >= 15 is 0 Å². The van der Waals surface area contributed by atoms with Crippen LogP contribution in [0.2, 0.25) is 0 Å². The van der Waals surface area contributed by atoms with Gasteiger partial charge >= 0.3 is 5.69 Å². The molecule has 182 valence electrons. The van der Waals surface area contributed by atoms with Crippen LogP contribution >= 0.6 is 11.3 Å². The molecule has 0 radical (unpaired) electrons. The molecule has 0 saturated carbocycles. The molecule has 4 aromatic rings. The van der Waals surface area contributed by atoms with Crippen LogP contribution in [0.1, 0.15) is 29.9 Å². The normalized spacial score (nSPS) is 10.7. The molecule has 0 saturated heterocycles. The SMILES string of the molecule is CC.COc1ccc(C(=O)/C=C/c2c(-c3ccc(OC)c([N+](=O)[O-])c3)nc3sccn23)cc1OC. The number of carbonyl (C=O) groups is 1. The number of allylic oxidation sites excluding steroid dienone is 1. The lowest BCUT2D eigenvalue weighted by Crippen LogP contribution is -1.98. The van der Waals surface area contributed by atoms with Crippen LogP contribution in [0, 0.1) is 10.1 Å². The summed E-state index contributed by atoms with van der Waals surface area (Å²) in [6.45, 7) is 4.00. The number of methoxy groups -OCH3 is 3. The van der Waals surface area contributed by atoms with E-state index in [2.05, 4.69) is 4.98 Å². The van der Waals surface area contributed by atoms with Crippen LogP contribution in [0.25, 0.3) is 22.3 Å². The molecule has 9 nitrogen and oxygen atoms in total. The molecule has 2 aromatic carbocycles. The Morgan fingerprint density at radius 3 is 2.37 bits per heavy atom. The van der Waals surface area contributed by atoms with Gasteiger partial charge < -0.3 is 14.2 Å². The summed E-state index contributed by atoms with van der Waals surface area (Å²) >= 11 is 1.42. The van der Waals surface area contributed by atoms with E-state index < -0.39 is 4.92 Å².